The van der Waals surface area contributed by atoms with E-state index in [9.17, 15) is 27.6 Å². The third-order valence-electron chi connectivity index (χ3n) is 10.3. The summed E-state index contributed by atoms with van der Waals surface area (Å²) in [6.07, 6.45) is 7.24. The van der Waals surface area contributed by atoms with Crippen molar-refractivity contribution in [3.8, 4) is 5.75 Å². The van der Waals surface area contributed by atoms with E-state index in [1.165, 1.54) is 43.5 Å². The Bertz CT molecular complexity index is 1780. The van der Waals surface area contributed by atoms with Crippen LogP contribution in [0, 0.1) is 23.2 Å². The molecule has 0 aromatic heterocycles. The lowest BCUT2D eigenvalue weighted by Crippen LogP contribution is -2.48. The standard InChI is InChI=1S/C36H43F2NO10S/c1-5-6-10-28(32(42)48-34(2,3)4)47-25-16-24-8-7-9-26-29(24)27(17-25)31(41)39(30(26)40)49-50(44,45)36(37,38)33(43)46-12-11-35-18-21-13-22(19-35)15-23(14-21)20-35/h7-9,16-17,21-23,28H,5-6,10-15,18-20H2,1-4H3. The van der Waals surface area contributed by atoms with E-state index in [2.05, 4.69) is 4.28 Å². The molecule has 0 N–H and O–H groups in total. The molecule has 2 aromatic carbocycles. The molecule has 4 bridgehead atoms. The largest absolute Gasteiger partial charge is 0.479 e. The number of unbranched alkanes of at least 4 members (excludes halogenated alkanes) is 1. The fourth-order valence-electron chi connectivity index (χ4n) is 8.63. The van der Waals surface area contributed by atoms with Crippen molar-refractivity contribution in [2.45, 2.75) is 109 Å². The molecule has 50 heavy (non-hydrogen) atoms. The number of halogens is 2. The lowest BCUT2D eigenvalue weighted by Gasteiger charge is -2.57. The third-order valence-corrected chi connectivity index (χ3v) is 11.4. The molecule has 7 rings (SSSR count). The molecule has 2 aromatic rings. The van der Waals surface area contributed by atoms with Crippen LogP contribution in [0.15, 0.2) is 30.3 Å². The second kappa shape index (κ2) is 13.2. The van der Waals surface area contributed by atoms with Crippen LogP contribution in [-0.4, -0.2) is 60.8 Å². The summed E-state index contributed by atoms with van der Waals surface area (Å²) in [5.74, 6) is -3.95. The van der Waals surface area contributed by atoms with Gasteiger partial charge in [0.2, 0.25) is 0 Å². The molecule has 1 unspecified atom stereocenters. The smallest absolute Gasteiger partial charge is 0.467 e. The van der Waals surface area contributed by atoms with Crippen molar-refractivity contribution in [2.75, 3.05) is 6.61 Å². The van der Waals surface area contributed by atoms with Crippen LogP contribution in [-0.2, 0) is 33.5 Å². The first-order valence-corrected chi connectivity index (χ1v) is 18.7. The normalized spacial score (nSPS) is 25.2. The predicted molar refractivity (Wildman–Crippen MR) is 175 cm³/mol. The third kappa shape index (κ3) is 6.97. The van der Waals surface area contributed by atoms with Crippen molar-refractivity contribution < 1.29 is 54.9 Å². The molecule has 0 saturated heterocycles. The van der Waals surface area contributed by atoms with E-state index in [0.717, 1.165) is 25.7 Å². The van der Waals surface area contributed by atoms with Crippen LogP contribution in [0.4, 0.5) is 8.78 Å². The minimum Gasteiger partial charge on any atom is -0.479 e. The number of hydrogen-bond donors (Lipinski definition) is 0. The van der Waals surface area contributed by atoms with Crippen molar-refractivity contribution in [3.05, 3.63) is 41.5 Å². The molecular weight excluding hydrogens is 676 g/mol. The van der Waals surface area contributed by atoms with Gasteiger partial charge in [0.05, 0.1) is 17.7 Å². The van der Waals surface area contributed by atoms with E-state index in [4.69, 9.17) is 14.2 Å². The first kappa shape index (κ1) is 36.2. The Kier molecular flexibility index (Phi) is 9.51. The van der Waals surface area contributed by atoms with E-state index in [1.807, 2.05) is 6.92 Å². The zero-order valence-corrected chi connectivity index (χ0v) is 29.5. The first-order valence-electron chi connectivity index (χ1n) is 17.3. The van der Waals surface area contributed by atoms with Gasteiger partial charge in [-0.25, -0.2) is 9.59 Å². The molecule has 4 fully saturated rings. The number of hydrogen-bond acceptors (Lipinski definition) is 10. The average molecular weight is 720 g/mol. The highest BCUT2D eigenvalue weighted by Gasteiger charge is 2.59. The van der Waals surface area contributed by atoms with E-state index in [0.29, 0.717) is 36.0 Å². The monoisotopic (exact) mass is 719 g/mol. The molecule has 1 aliphatic heterocycles. The maximum absolute atomic E-state index is 15.2. The summed E-state index contributed by atoms with van der Waals surface area (Å²) < 4.78 is 77.0. The van der Waals surface area contributed by atoms with Gasteiger partial charge in [-0.05, 0) is 125 Å². The maximum Gasteiger partial charge on any atom is 0.467 e. The van der Waals surface area contributed by atoms with Gasteiger partial charge >= 0.3 is 27.3 Å². The Morgan fingerprint density at radius 2 is 1.60 bits per heavy atom. The lowest BCUT2D eigenvalue weighted by molar-refractivity contribution is -0.165. The van der Waals surface area contributed by atoms with Gasteiger partial charge in [0.1, 0.15) is 11.4 Å². The fraction of sp³-hybridized carbons (Fsp3) is 0.611. The summed E-state index contributed by atoms with van der Waals surface area (Å²) in [4.78, 5) is 52.4. The van der Waals surface area contributed by atoms with Gasteiger partial charge < -0.3 is 14.2 Å². The van der Waals surface area contributed by atoms with Gasteiger partial charge in [0, 0.05) is 5.39 Å². The van der Waals surface area contributed by atoms with Crippen molar-refractivity contribution in [1.82, 2.24) is 5.06 Å². The Hall–Kier alpha value is -3.65. The molecule has 5 aliphatic rings. The highest BCUT2D eigenvalue weighted by atomic mass is 32.2. The topological polar surface area (TPSA) is 143 Å². The minimum absolute atomic E-state index is 0.00930. The van der Waals surface area contributed by atoms with Crippen molar-refractivity contribution in [3.63, 3.8) is 0 Å². The number of imide groups is 1. The minimum atomic E-state index is -6.26. The van der Waals surface area contributed by atoms with Crippen molar-refractivity contribution >= 4 is 44.6 Å². The van der Waals surface area contributed by atoms with Crippen molar-refractivity contribution in [1.29, 1.82) is 0 Å². The van der Waals surface area contributed by atoms with Gasteiger partial charge in [-0.3, -0.25) is 9.59 Å². The zero-order valence-electron chi connectivity index (χ0n) is 28.7. The summed E-state index contributed by atoms with van der Waals surface area (Å²) in [5, 5.41) is -5.11. The number of benzene rings is 2. The Labute approximate surface area is 290 Å². The van der Waals surface area contributed by atoms with E-state index in [1.54, 1.807) is 26.8 Å². The van der Waals surface area contributed by atoms with Gasteiger partial charge in [-0.2, -0.15) is 17.2 Å². The number of rotatable bonds is 13. The second-order valence-electron chi connectivity index (χ2n) is 15.4. The fourth-order valence-corrected chi connectivity index (χ4v) is 9.32. The second-order valence-corrected chi connectivity index (χ2v) is 17.0. The molecule has 2 amide bonds. The summed E-state index contributed by atoms with van der Waals surface area (Å²) >= 11 is 0. The molecule has 272 valence electrons. The number of carbonyl (C=O) groups is 4. The van der Waals surface area contributed by atoms with E-state index < -0.39 is 57.4 Å². The highest BCUT2D eigenvalue weighted by molar-refractivity contribution is 7.88. The Balaban J connectivity index is 1.19. The van der Waals surface area contributed by atoms with Crippen LogP contribution in [0.2, 0.25) is 0 Å². The van der Waals surface area contributed by atoms with Crippen LogP contribution in [0.25, 0.3) is 10.8 Å². The summed E-state index contributed by atoms with van der Waals surface area (Å²) in [5.41, 5.74) is -1.43. The SMILES string of the molecule is CCCCC(Oc1cc2c3c(cccc3c1)C(=O)N(OS(=O)(=O)C(F)(F)C(=O)OCCC13CC4CC(CC(C4)C1)C3)C2=O)C(=O)OC(C)(C)C. The quantitative estimate of drug-likeness (QED) is 0.162. The number of alkyl halides is 2. The number of hydroxylamine groups is 2. The molecule has 0 spiro atoms. The van der Waals surface area contributed by atoms with Gasteiger partial charge in [0.15, 0.2) is 6.10 Å². The number of ether oxygens (including phenoxy) is 3. The zero-order chi connectivity index (χ0) is 36.2. The molecule has 1 heterocycles. The van der Waals surface area contributed by atoms with Crippen LogP contribution in [0.3, 0.4) is 0 Å². The molecule has 0 radical (unpaired) electrons. The number of nitrogens with zero attached hydrogens (tertiary/aromatic N) is 1. The van der Waals surface area contributed by atoms with Crippen molar-refractivity contribution in [2.24, 2.45) is 23.2 Å². The van der Waals surface area contributed by atoms with Crippen LogP contribution in [0.1, 0.15) is 113 Å². The van der Waals surface area contributed by atoms with E-state index in [-0.39, 0.29) is 39.2 Å². The van der Waals surface area contributed by atoms with Crippen LogP contribution >= 0.6 is 0 Å². The van der Waals surface area contributed by atoms with Gasteiger partial charge in [-0.15, -0.1) is 9.35 Å². The molecule has 4 saturated carbocycles. The summed E-state index contributed by atoms with van der Waals surface area (Å²) in [6.45, 7) is 6.65. The summed E-state index contributed by atoms with van der Waals surface area (Å²) in [7, 11) is -6.26. The van der Waals surface area contributed by atoms with Crippen LogP contribution < -0.4 is 4.74 Å². The summed E-state index contributed by atoms with van der Waals surface area (Å²) in [6, 6.07) is 6.93. The number of carbonyl (C=O) groups excluding carboxylic acids is 4. The molecule has 1 atom stereocenters. The lowest BCUT2D eigenvalue weighted by atomic mass is 9.49. The van der Waals surface area contributed by atoms with Gasteiger partial charge in [-0.1, -0.05) is 25.5 Å². The highest BCUT2D eigenvalue weighted by Crippen LogP contribution is 2.61. The molecule has 14 heteroatoms. The Morgan fingerprint density at radius 3 is 2.20 bits per heavy atom. The molecular formula is C36H43F2NO10S. The maximum atomic E-state index is 15.2. The first-order chi connectivity index (χ1) is 23.4. The molecule has 4 aliphatic carbocycles. The van der Waals surface area contributed by atoms with Crippen LogP contribution in [0.5, 0.6) is 5.75 Å². The molecule has 11 nitrogen and oxygen atoms in total. The Morgan fingerprint density at radius 1 is 0.980 bits per heavy atom. The average Bonchev–Trinajstić information content (AvgIpc) is 3.01. The number of amides is 2. The van der Waals surface area contributed by atoms with Gasteiger partial charge in [0.25, 0.3) is 11.8 Å². The van der Waals surface area contributed by atoms with E-state index >= 15 is 8.78 Å². The predicted octanol–water partition coefficient (Wildman–Crippen LogP) is 6.72. The number of esters is 2.